The molecule has 10 heteroatoms. The van der Waals surface area contributed by atoms with Crippen molar-refractivity contribution in [3.63, 3.8) is 0 Å². The molecule has 0 aliphatic carbocycles. The maximum absolute atomic E-state index is 4.44. The van der Waals surface area contributed by atoms with Crippen LogP contribution in [0.1, 0.15) is 55.8 Å². The van der Waals surface area contributed by atoms with Gasteiger partial charge in [0.2, 0.25) is 0 Å². The Labute approximate surface area is 768 Å². The number of rotatable bonds is 10. The van der Waals surface area contributed by atoms with Crippen molar-refractivity contribution in [1.82, 2.24) is 49.8 Å². The Hall–Kier alpha value is -16.3. The first kappa shape index (κ1) is 94.4. The monoisotopic (exact) mass is 1690 g/mol. The third-order valence-electron chi connectivity index (χ3n) is 20.4. The van der Waals surface area contributed by atoms with Crippen molar-refractivity contribution in [1.29, 1.82) is 0 Å². The van der Waals surface area contributed by atoms with Crippen molar-refractivity contribution in [2.24, 2.45) is 0 Å². The number of benzene rings is 10. The number of aromatic nitrogens is 10. The molecule has 10 heterocycles. The Morgan fingerprint density at radius 2 is 0.515 bits per heavy atom. The Morgan fingerprint density at radius 3 is 0.946 bits per heavy atom. The average molecular weight is 1690 g/mol. The van der Waals surface area contributed by atoms with E-state index in [-0.39, 0.29) is 0 Å². The van der Waals surface area contributed by atoms with Crippen LogP contribution in [-0.4, -0.2) is 49.8 Å². The zero-order valence-corrected chi connectivity index (χ0v) is 75.7. The van der Waals surface area contributed by atoms with Crippen LogP contribution < -0.4 is 0 Å². The summed E-state index contributed by atoms with van der Waals surface area (Å²) in [6.45, 7) is 20.8. The summed E-state index contributed by atoms with van der Waals surface area (Å²) in [6.07, 6.45) is 27.5. The fraction of sp³-hybridized carbons (Fsp3) is 0.0833. The number of hydrogen-bond acceptors (Lipinski definition) is 10. The Morgan fingerprint density at radius 1 is 0.154 bits per heavy atom. The van der Waals surface area contributed by atoms with Gasteiger partial charge in [-0.2, -0.15) is 0 Å². The molecule has 10 nitrogen and oxygen atoms in total. The van der Waals surface area contributed by atoms with E-state index in [0.717, 1.165) is 28.5 Å². The van der Waals surface area contributed by atoms with E-state index in [0.29, 0.717) is 0 Å². The summed E-state index contributed by atoms with van der Waals surface area (Å²) in [6, 6.07) is 134. The fourth-order valence-electron chi connectivity index (χ4n) is 13.3. The number of pyridine rings is 10. The molecule has 0 saturated carbocycles. The van der Waals surface area contributed by atoms with Gasteiger partial charge in [-0.25, -0.2) is 0 Å². The normalized spacial score (nSPS) is 9.92. The van der Waals surface area contributed by atoms with Crippen LogP contribution >= 0.6 is 0 Å². The molecule has 0 atom stereocenters. The highest BCUT2D eigenvalue weighted by Gasteiger charge is 2.06. The van der Waals surface area contributed by atoms with Crippen molar-refractivity contribution in [2.45, 2.75) is 69.2 Å². The van der Waals surface area contributed by atoms with Gasteiger partial charge < -0.3 is 0 Å². The first-order chi connectivity index (χ1) is 63.7. The molecule has 0 unspecified atom stereocenters. The van der Waals surface area contributed by atoms with Gasteiger partial charge in [-0.1, -0.05) is 326 Å². The molecule has 0 aliphatic rings. The highest BCUT2D eigenvalue weighted by Crippen LogP contribution is 2.28. The summed E-state index contributed by atoms with van der Waals surface area (Å²) in [5.41, 5.74) is 36.0. The van der Waals surface area contributed by atoms with Crippen LogP contribution in [0.3, 0.4) is 0 Å². The van der Waals surface area contributed by atoms with Crippen LogP contribution in [0.5, 0.6) is 0 Å². The molecule has 0 N–H and O–H groups in total. The molecule has 10 aromatic heterocycles. The second-order valence-corrected chi connectivity index (χ2v) is 30.8. The third-order valence-corrected chi connectivity index (χ3v) is 20.4. The minimum Gasteiger partial charge on any atom is -0.265 e. The predicted molar refractivity (Wildman–Crippen MR) is 544 cm³/mol. The zero-order valence-electron chi connectivity index (χ0n) is 75.7. The molecule has 0 amide bonds. The van der Waals surface area contributed by atoms with Crippen molar-refractivity contribution in [3.8, 4) is 112 Å². The van der Waals surface area contributed by atoms with Gasteiger partial charge in [0.1, 0.15) is 0 Å². The molecule has 0 bridgehead atoms. The predicted octanol–water partition coefficient (Wildman–Crippen LogP) is 30.6. The number of nitrogens with zero attached hydrogens (tertiary/aromatic N) is 10. The van der Waals surface area contributed by atoms with Gasteiger partial charge in [0.05, 0.1) is 22.8 Å². The standard InChI is InChI=1S/10C12H11N/c1-10-2-4-11(5-3-10)12-6-8-13-9-7-12;2*1-10-4-6-11(7-5-10)12-3-2-8-13-9-12;1-10-5-2-3-7-12(10)11-6-4-8-13-9-11;1-10-3-2-4-12(9-10)11-5-7-13-8-6-11;1-10-6-5-9-13-12(10)11-7-3-2-4-8-11;1-10-6-5-9-12(13-10)11-7-3-2-4-8-11;1-10-4-2-3-5-12(10)11-6-8-13-9-7-11;1-10-7-8-13-12(9-10)11-5-3-2-4-6-11;1-10-7-8-12(13-9-10)11-5-3-2-4-6-11/h10*2-9H,1H3. The molecule has 0 saturated heterocycles. The molecule has 640 valence electrons. The topological polar surface area (TPSA) is 129 Å². The van der Waals surface area contributed by atoms with Crippen LogP contribution in [0.2, 0.25) is 0 Å². The molecule has 20 aromatic rings. The lowest BCUT2D eigenvalue weighted by molar-refractivity contribution is 1.21. The first-order valence-electron chi connectivity index (χ1n) is 43.4. The smallest absolute Gasteiger partial charge is 0.0731 e. The van der Waals surface area contributed by atoms with Gasteiger partial charge in [0.15, 0.2) is 0 Å². The van der Waals surface area contributed by atoms with Crippen molar-refractivity contribution < 1.29 is 0 Å². The fourth-order valence-corrected chi connectivity index (χ4v) is 13.3. The van der Waals surface area contributed by atoms with Crippen molar-refractivity contribution in [2.75, 3.05) is 0 Å². The van der Waals surface area contributed by atoms with Gasteiger partial charge in [-0.3, -0.25) is 49.8 Å². The molecular weight excluding hydrogens is 1580 g/mol. The van der Waals surface area contributed by atoms with Gasteiger partial charge in [-0.05, 0) is 249 Å². The van der Waals surface area contributed by atoms with E-state index < -0.39 is 0 Å². The summed E-state index contributed by atoms with van der Waals surface area (Å²) in [5.74, 6) is 0. The van der Waals surface area contributed by atoms with Gasteiger partial charge in [0.25, 0.3) is 0 Å². The maximum atomic E-state index is 4.44. The van der Waals surface area contributed by atoms with E-state index in [1.165, 1.54) is 139 Å². The van der Waals surface area contributed by atoms with Crippen LogP contribution in [0, 0.1) is 69.2 Å². The van der Waals surface area contributed by atoms with Crippen molar-refractivity contribution in [3.05, 3.63) is 543 Å². The molecular formula is C120H110N10. The van der Waals surface area contributed by atoms with Crippen LogP contribution in [0.25, 0.3) is 112 Å². The SMILES string of the molecule is Cc1ccc(-c2ccccc2)nc1.Cc1ccc(-c2cccnc2)cc1.Cc1ccc(-c2cccnc2)cc1.Cc1ccc(-c2ccncc2)cc1.Cc1cccc(-c2ccccc2)n1.Cc1cccc(-c2ccncc2)c1.Cc1ccccc1-c1cccnc1.Cc1ccccc1-c1ccncc1.Cc1cccnc1-c1ccccc1.Cc1ccnc(-c2ccccc2)c1. The van der Waals surface area contributed by atoms with Crippen LogP contribution in [-0.2, 0) is 0 Å². The minimum atomic E-state index is 1.03. The maximum Gasteiger partial charge on any atom is 0.0731 e. The lowest BCUT2D eigenvalue weighted by Crippen LogP contribution is -1.85. The largest absolute Gasteiger partial charge is 0.265 e. The zero-order chi connectivity index (χ0) is 91.0. The van der Waals surface area contributed by atoms with E-state index in [1.54, 1.807) is 18.6 Å². The van der Waals surface area contributed by atoms with Gasteiger partial charge in [0, 0.05) is 126 Å². The third kappa shape index (κ3) is 32.0. The minimum absolute atomic E-state index is 1.03. The van der Waals surface area contributed by atoms with E-state index in [4.69, 9.17) is 0 Å². The quantitative estimate of drug-likeness (QED) is 0.130. The second-order valence-electron chi connectivity index (χ2n) is 30.8. The van der Waals surface area contributed by atoms with E-state index in [1.807, 2.05) is 252 Å². The van der Waals surface area contributed by atoms with E-state index in [9.17, 15) is 0 Å². The molecule has 10 aromatic carbocycles. The number of aryl methyl sites for hydroxylation is 10. The summed E-state index contributed by atoms with van der Waals surface area (Å²) in [4.78, 5) is 41.7. The lowest BCUT2D eigenvalue weighted by Gasteiger charge is -2.03. The molecule has 0 radical (unpaired) electrons. The molecule has 0 fully saturated rings. The molecule has 0 spiro atoms. The van der Waals surface area contributed by atoms with Crippen LogP contribution in [0.15, 0.2) is 487 Å². The molecule has 20 rings (SSSR count). The van der Waals surface area contributed by atoms with Gasteiger partial charge in [-0.15, -0.1) is 0 Å². The van der Waals surface area contributed by atoms with Gasteiger partial charge >= 0.3 is 0 Å². The molecule has 0 aliphatic heterocycles. The summed E-state index contributed by atoms with van der Waals surface area (Å²) in [7, 11) is 0. The van der Waals surface area contributed by atoms with E-state index in [2.05, 4.69) is 336 Å². The Balaban J connectivity index is 0.000000140. The lowest BCUT2D eigenvalue weighted by atomic mass is 10.0. The molecule has 130 heavy (non-hydrogen) atoms. The highest BCUT2D eigenvalue weighted by atomic mass is 14.7. The summed E-state index contributed by atoms with van der Waals surface area (Å²) >= 11 is 0. The highest BCUT2D eigenvalue weighted by molar-refractivity contribution is 5.70. The Bertz CT molecular complexity index is 5840. The summed E-state index contributed by atoms with van der Waals surface area (Å²) in [5, 5.41) is 0. The second kappa shape index (κ2) is 52.5. The number of hydrogen-bond donors (Lipinski definition) is 0. The average Bonchev–Trinajstić information content (AvgIpc) is 0.858. The Kier molecular flexibility index (Phi) is 38.1. The van der Waals surface area contributed by atoms with Crippen LogP contribution in [0.4, 0.5) is 0 Å². The first-order valence-corrected chi connectivity index (χ1v) is 43.4. The summed E-state index contributed by atoms with van der Waals surface area (Å²) < 4.78 is 0. The van der Waals surface area contributed by atoms with E-state index >= 15 is 0 Å². The van der Waals surface area contributed by atoms with Crippen molar-refractivity contribution >= 4 is 0 Å².